The Balaban J connectivity index is 3.10. The minimum atomic E-state index is -0.688. The number of ketones is 1. The van der Waals surface area contributed by atoms with Gasteiger partial charge in [-0.15, -0.1) is 0 Å². The average Bonchev–Trinajstić information content (AvgIpc) is 2.09. The van der Waals surface area contributed by atoms with Crippen LogP contribution in [0.3, 0.4) is 0 Å². The first-order valence-electron chi connectivity index (χ1n) is 4.44. The summed E-state index contributed by atoms with van der Waals surface area (Å²) in [6, 6.07) is 0. The molecule has 0 saturated carbocycles. The van der Waals surface area contributed by atoms with Gasteiger partial charge in [0.05, 0.1) is 5.60 Å². The van der Waals surface area contributed by atoms with Gasteiger partial charge in [0.2, 0.25) is 0 Å². The molecule has 3 nitrogen and oxygen atoms in total. The van der Waals surface area contributed by atoms with Crippen LogP contribution in [0.4, 0.5) is 0 Å². The van der Waals surface area contributed by atoms with Crippen LogP contribution in [0.5, 0.6) is 0 Å². The molecule has 0 aromatic heterocycles. The van der Waals surface area contributed by atoms with Crippen molar-refractivity contribution in [3.8, 4) is 0 Å². The summed E-state index contributed by atoms with van der Waals surface area (Å²) in [4.78, 5) is 11.8. The molecule has 1 N–H and O–H groups in total. The second-order valence-corrected chi connectivity index (χ2v) is 4.30. The maximum Gasteiger partial charge on any atom is 0.194 e. The molecule has 1 aliphatic heterocycles. The molecule has 1 aliphatic rings. The third-order valence-electron chi connectivity index (χ3n) is 2.24. The molecule has 0 aromatic rings. The van der Waals surface area contributed by atoms with Crippen molar-refractivity contribution in [3.05, 3.63) is 11.8 Å². The number of nitrogens with one attached hydrogen (secondary N) is 1. The number of rotatable bonds is 1. The van der Waals surface area contributed by atoms with Crippen LogP contribution in [0.15, 0.2) is 11.8 Å². The average molecular weight is 183 g/mol. The fourth-order valence-corrected chi connectivity index (χ4v) is 1.72. The van der Waals surface area contributed by atoms with Gasteiger partial charge >= 0.3 is 0 Å². The molecule has 0 spiro atoms. The predicted octanol–water partition coefficient (Wildman–Crippen LogP) is 1.25. The Kier molecular flexibility index (Phi) is 2.24. The molecular weight excluding hydrogens is 166 g/mol. The van der Waals surface area contributed by atoms with Crippen molar-refractivity contribution in [2.24, 2.45) is 0 Å². The van der Waals surface area contributed by atoms with Gasteiger partial charge in [-0.05, 0) is 27.7 Å². The Bertz CT molecular complexity index is 264. The van der Waals surface area contributed by atoms with Crippen LogP contribution < -0.4 is 5.32 Å². The van der Waals surface area contributed by atoms with E-state index < -0.39 is 11.2 Å². The van der Waals surface area contributed by atoms with Crippen molar-refractivity contribution in [2.45, 2.75) is 38.9 Å². The molecule has 1 saturated heterocycles. The maximum absolute atomic E-state index is 11.8. The number of carbonyl (C=O) groups is 1. The third-order valence-corrected chi connectivity index (χ3v) is 2.24. The molecule has 1 fully saturated rings. The molecule has 74 valence electrons. The molecule has 3 heteroatoms. The Hall–Kier alpha value is -0.830. The third kappa shape index (κ3) is 1.61. The fraction of sp³-hybridized carbons (Fsp3) is 0.700. The van der Waals surface area contributed by atoms with E-state index in [-0.39, 0.29) is 5.78 Å². The van der Waals surface area contributed by atoms with Crippen LogP contribution in [0.25, 0.3) is 0 Å². The molecule has 0 radical (unpaired) electrons. The van der Waals surface area contributed by atoms with Gasteiger partial charge in [0, 0.05) is 18.8 Å². The monoisotopic (exact) mass is 183 g/mol. The van der Waals surface area contributed by atoms with E-state index in [1.54, 1.807) is 27.1 Å². The number of hydrogen-bond donors (Lipinski definition) is 1. The van der Waals surface area contributed by atoms with Crippen LogP contribution in [0, 0.1) is 0 Å². The summed E-state index contributed by atoms with van der Waals surface area (Å²) in [7, 11) is 1.78. The standard InChI is InChI=1S/C10H17NO2/c1-9(2)7(6-11-5)8(12)10(3,4)13-9/h6,11H,1-5H3. The van der Waals surface area contributed by atoms with E-state index in [9.17, 15) is 4.79 Å². The molecule has 0 amide bonds. The summed E-state index contributed by atoms with van der Waals surface area (Å²) in [6.45, 7) is 7.41. The highest BCUT2D eigenvalue weighted by Crippen LogP contribution is 2.37. The topological polar surface area (TPSA) is 38.3 Å². The lowest BCUT2D eigenvalue weighted by Crippen LogP contribution is -2.29. The van der Waals surface area contributed by atoms with Crippen LogP contribution in [0.1, 0.15) is 27.7 Å². The summed E-state index contributed by atoms with van der Waals surface area (Å²) in [5.41, 5.74) is -0.463. The predicted molar refractivity (Wildman–Crippen MR) is 51.4 cm³/mol. The highest BCUT2D eigenvalue weighted by atomic mass is 16.5. The van der Waals surface area contributed by atoms with Crippen LogP contribution in [0.2, 0.25) is 0 Å². The largest absolute Gasteiger partial charge is 0.394 e. The van der Waals surface area contributed by atoms with Gasteiger partial charge in [-0.25, -0.2) is 0 Å². The van der Waals surface area contributed by atoms with Gasteiger partial charge in [0.25, 0.3) is 0 Å². The van der Waals surface area contributed by atoms with Gasteiger partial charge < -0.3 is 10.1 Å². The maximum atomic E-state index is 11.8. The van der Waals surface area contributed by atoms with Gasteiger partial charge in [-0.3, -0.25) is 4.79 Å². The van der Waals surface area contributed by atoms with E-state index in [0.717, 1.165) is 0 Å². The number of ether oxygens (including phenoxy) is 1. The van der Waals surface area contributed by atoms with E-state index in [0.29, 0.717) is 5.57 Å². The lowest BCUT2D eigenvalue weighted by molar-refractivity contribution is -0.132. The van der Waals surface area contributed by atoms with Gasteiger partial charge in [-0.2, -0.15) is 0 Å². The molecule has 1 rings (SSSR count). The minimum Gasteiger partial charge on any atom is -0.394 e. The summed E-state index contributed by atoms with van der Waals surface area (Å²) >= 11 is 0. The van der Waals surface area contributed by atoms with Crippen LogP contribution in [-0.4, -0.2) is 24.0 Å². The number of hydrogen-bond acceptors (Lipinski definition) is 3. The van der Waals surface area contributed by atoms with E-state index in [4.69, 9.17) is 4.74 Å². The van der Waals surface area contributed by atoms with Crippen molar-refractivity contribution < 1.29 is 9.53 Å². The first-order valence-corrected chi connectivity index (χ1v) is 4.44. The van der Waals surface area contributed by atoms with Crippen LogP contribution in [-0.2, 0) is 9.53 Å². The molecular formula is C10H17NO2. The molecule has 0 aliphatic carbocycles. The summed E-state index contributed by atoms with van der Waals surface area (Å²) in [5.74, 6) is 0.0619. The van der Waals surface area contributed by atoms with E-state index in [2.05, 4.69) is 5.32 Å². The van der Waals surface area contributed by atoms with Gasteiger partial charge in [0.15, 0.2) is 5.78 Å². The lowest BCUT2D eigenvalue weighted by Gasteiger charge is -2.21. The summed E-state index contributed by atoms with van der Waals surface area (Å²) in [6.07, 6.45) is 1.72. The number of Topliss-reactive ketones (excluding diaryl/α,β-unsaturated/α-hetero) is 1. The summed E-state index contributed by atoms with van der Waals surface area (Å²) in [5, 5.41) is 2.87. The zero-order valence-electron chi connectivity index (χ0n) is 8.89. The molecule has 0 unspecified atom stereocenters. The molecule has 0 bridgehead atoms. The molecule has 13 heavy (non-hydrogen) atoms. The fourth-order valence-electron chi connectivity index (χ4n) is 1.72. The van der Waals surface area contributed by atoms with Gasteiger partial charge in [-0.1, -0.05) is 0 Å². The Morgan fingerprint density at radius 3 is 2.08 bits per heavy atom. The van der Waals surface area contributed by atoms with Gasteiger partial charge in [0.1, 0.15) is 5.60 Å². The van der Waals surface area contributed by atoms with E-state index in [1.807, 2.05) is 13.8 Å². The van der Waals surface area contributed by atoms with Crippen molar-refractivity contribution in [2.75, 3.05) is 7.05 Å². The van der Waals surface area contributed by atoms with Crippen molar-refractivity contribution in [3.63, 3.8) is 0 Å². The Morgan fingerprint density at radius 1 is 1.23 bits per heavy atom. The normalized spacial score (nSPS) is 28.1. The Morgan fingerprint density at radius 2 is 1.77 bits per heavy atom. The van der Waals surface area contributed by atoms with Crippen LogP contribution >= 0.6 is 0 Å². The van der Waals surface area contributed by atoms with E-state index in [1.165, 1.54) is 0 Å². The Labute approximate surface area is 79.2 Å². The van der Waals surface area contributed by atoms with E-state index >= 15 is 0 Å². The second-order valence-electron chi connectivity index (χ2n) is 4.30. The minimum absolute atomic E-state index is 0.0619. The first kappa shape index (κ1) is 10.3. The quantitative estimate of drug-likeness (QED) is 0.622. The molecule has 0 atom stereocenters. The zero-order chi connectivity index (χ0) is 10.3. The lowest BCUT2D eigenvalue weighted by atomic mass is 9.93. The van der Waals surface area contributed by atoms with Crippen molar-refractivity contribution in [1.82, 2.24) is 5.32 Å². The SMILES string of the molecule is CNC=C1C(=O)C(C)(C)OC1(C)C. The molecule has 1 heterocycles. The zero-order valence-corrected chi connectivity index (χ0v) is 8.89. The number of carbonyl (C=O) groups excluding carboxylic acids is 1. The summed E-state index contributed by atoms with van der Waals surface area (Å²) < 4.78 is 5.66. The first-order chi connectivity index (χ1) is 5.81. The highest BCUT2D eigenvalue weighted by Gasteiger charge is 2.49. The molecule has 0 aromatic carbocycles. The highest BCUT2D eigenvalue weighted by molar-refractivity contribution is 6.04. The van der Waals surface area contributed by atoms with Crippen molar-refractivity contribution in [1.29, 1.82) is 0 Å². The van der Waals surface area contributed by atoms with Crippen molar-refractivity contribution >= 4 is 5.78 Å². The second kappa shape index (κ2) is 2.84. The smallest absolute Gasteiger partial charge is 0.194 e.